The molecule has 0 unspecified atom stereocenters. The molecule has 4 nitrogen and oxygen atoms in total. The van der Waals surface area contributed by atoms with Gasteiger partial charge < -0.3 is 14.2 Å². The first-order valence-electron chi connectivity index (χ1n) is 7.17. The van der Waals surface area contributed by atoms with Gasteiger partial charge in [-0.1, -0.05) is 31.4 Å². The topological polar surface area (TPSA) is 44.8 Å². The molecule has 1 aliphatic heterocycles. The van der Waals surface area contributed by atoms with Crippen molar-refractivity contribution in [3.05, 3.63) is 60.2 Å². The second-order valence-corrected chi connectivity index (χ2v) is 4.87. The van der Waals surface area contributed by atoms with E-state index in [1.165, 1.54) is 0 Å². The van der Waals surface area contributed by atoms with Gasteiger partial charge in [0.2, 0.25) is 0 Å². The molecule has 1 aromatic rings. The molecule has 0 amide bonds. The summed E-state index contributed by atoms with van der Waals surface area (Å²) in [6, 6.07) is 3.45. The van der Waals surface area contributed by atoms with Crippen LogP contribution in [0.25, 0.3) is 0 Å². The van der Waals surface area contributed by atoms with Gasteiger partial charge in [0.25, 0.3) is 0 Å². The lowest BCUT2D eigenvalue weighted by Gasteiger charge is -2.13. The van der Waals surface area contributed by atoms with Crippen molar-refractivity contribution < 1.29 is 19.0 Å². The first kappa shape index (κ1) is 15.9. The maximum atomic E-state index is 12.3. The summed E-state index contributed by atoms with van der Waals surface area (Å²) in [4.78, 5) is 12.3. The van der Waals surface area contributed by atoms with E-state index < -0.39 is 5.97 Å². The van der Waals surface area contributed by atoms with E-state index in [9.17, 15) is 4.79 Å². The molecule has 1 heterocycles. The van der Waals surface area contributed by atoms with Crippen molar-refractivity contribution in [3.63, 3.8) is 0 Å². The minimum Gasteiger partial charge on any atom is -0.490 e. The van der Waals surface area contributed by atoms with Gasteiger partial charge in [-0.25, -0.2) is 4.79 Å². The van der Waals surface area contributed by atoms with Crippen molar-refractivity contribution in [2.75, 3.05) is 19.8 Å². The molecule has 0 bridgehead atoms. The molecule has 0 saturated carbocycles. The highest BCUT2D eigenvalue weighted by Gasteiger charge is 2.20. The fraction of sp³-hybridized carbons (Fsp3) is 0.278. The predicted octanol–water partition coefficient (Wildman–Crippen LogP) is 3.61. The van der Waals surface area contributed by atoms with Crippen LogP contribution in [-0.4, -0.2) is 25.8 Å². The largest absolute Gasteiger partial charge is 0.490 e. The summed E-state index contributed by atoms with van der Waals surface area (Å²) >= 11 is 0. The molecule has 0 spiro atoms. The van der Waals surface area contributed by atoms with Gasteiger partial charge >= 0.3 is 5.97 Å². The number of carbonyl (C=O) groups is 1. The van der Waals surface area contributed by atoms with E-state index in [-0.39, 0.29) is 6.61 Å². The molecule has 4 heteroatoms. The lowest BCUT2D eigenvalue weighted by atomic mass is 10.1. The summed E-state index contributed by atoms with van der Waals surface area (Å²) < 4.78 is 16.6. The van der Waals surface area contributed by atoms with E-state index >= 15 is 0 Å². The summed E-state index contributed by atoms with van der Waals surface area (Å²) in [6.45, 7) is 10.5. The van der Waals surface area contributed by atoms with Crippen LogP contribution in [0.3, 0.4) is 0 Å². The lowest BCUT2D eigenvalue weighted by Crippen LogP contribution is -2.10. The average Bonchev–Trinajstić information content (AvgIpc) is 2.77. The zero-order valence-corrected chi connectivity index (χ0v) is 12.8. The third-order valence-electron chi connectivity index (χ3n) is 3.35. The number of hydrogen-bond donors (Lipinski definition) is 0. The first-order chi connectivity index (χ1) is 10.7. The Morgan fingerprint density at radius 2 is 2.09 bits per heavy atom. The van der Waals surface area contributed by atoms with Crippen LogP contribution in [0.1, 0.15) is 22.3 Å². The second kappa shape index (κ2) is 7.50. The van der Waals surface area contributed by atoms with E-state index in [1.54, 1.807) is 30.4 Å². The Balaban J connectivity index is 2.16. The maximum absolute atomic E-state index is 12.3. The summed E-state index contributed by atoms with van der Waals surface area (Å²) in [5.74, 6) is 0.896. The fourth-order valence-corrected chi connectivity index (χ4v) is 2.15. The number of esters is 1. The van der Waals surface area contributed by atoms with Gasteiger partial charge in [-0.2, -0.15) is 0 Å². The number of rotatable bonds is 5. The van der Waals surface area contributed by atoms with Gasteiger partial charge in [0, 0.05) is 12.0 Å². The Bertz CT molecular complexity index is 614. The zero-order valence-electron chi connectivity index (χ0n) is 12.8. The van der Waals surface area contributed by atoms with Gasteiger partial charge in [-0.05, 0) is 24.6 Å². The number of ether oxygens (including phenoxy) is 3. The summed E-state index contributed by atoms with van der Waals surface area (Å²) in [6.07, 6.45) is 5.84. The van der Waals surface area contributed by atoms with Crippen molar-refractivity contribution in [3.8, 4) is 11.5 Å². The minimum atomic E-state index is -0.398. The molecule has 1 aromatic carbocycles. The molecular weight excluding hydrogens is 280 g/mol. The number of fused-ring (bicyclic) bond motifs is 1. The molecule has 0 aromatic heterocycles. The lowest BCUT2D eigenvalue weighted by molar-refractivity contribution is 0.0541. The maximum Gasteiger partial charge on any atom is 0.338 e. The van der Waals surface area contributed by atoms with Crippen LogP contribution in [0.4, 0.5) is 0 Å². The van der Waals surface area contributed by atoms with Crippen LogP contribution in [0, 0.1) is 6.92 Å². The van der Waals surface area contributed by atoms with Crippen molar-refractivity contribution in [2.45, 2.75) is 13.3 Å². The highest BCUT2D eigenvalue weighted by Crippen LogP contribution is 2.35. The molecule has 22 heavy (non-hydrogen) atoms. The van der Waals surface area contributed by atoms with Crippen LogP contribution in [0.15, 0.2) is 49.1 Å². The molecule has 0 saturated heterocycles. The van der Waals surface area contributed by atoms with Crippen molar-refractivity contribution in [2.24, 2.45) is 0 Å². The number of hydrogen-bond acceptors (Lipinski definition) is 4. The molecular formula is C18H20O4. The normalized spacial score (nSPS) is 14.0. The van der Waals surface area contributed by atoms with Gasteiger partial charge in [0.1, 0.15) is 6.61 Å². The standard InChI is InChI=1S/C18H20O4/c1-4-7-14(5-2)12-22-18(19)15-8-9-16-17(13(15)3)21-11-6-10-20-16/h4-5,7-9H,1-2,6,10-12H2,3H3/b14-7+. The van der Waals surface area contributed by atoms with Crippen LogP contribution in [0.5, 0.6) is 11.5 Å². The molecule has 2 rings (SSSR count). The van der Waals surface area contributed by atoms with Crippen LogP contribution in [0.2, 0.25) is 0 Å². The van der Waals surface area contributed by atoms with Crippen molar-refractivity contribution in [1.29, 1.82) is 0 Å². The first-order valence-corrected chi connectivity index (χ1v) is 7.17. The average molecular weight is 300 g/mol. The van der Waals surface area contributed by atoms with E-state index in [0.29, 0.717) is 30.3 Å². The zero-order chi connectivity index (χ0) is 15.9. The third-order valence-corrected chi connectivity index (χ3v) is 3.35. The molecule has 0 aliphatic carbocycles. The Morgan fingerprint density at radius 3 is 2.82 bits per heavy atom. The number of allylic oxidation sites excluding steroid dienone is 2. The minimum absolute atomic E-state index is 0.155. The Morgan fingerprint density at radius 1 is 1.32 bits per heavy atom. The summed E-state index contributed by atoms with van der Waals surface area (Å²) in [5.41, 5.74) is 2.00. The summed E-state index contributed by atoms with van der Waals surface area (Å²) in [7, 11) is 0. The van der Waals surface area contributed by atoms with Crippen molar-refractivity contribution in [1.82, 2.24) is 0 Å². The van der Waals surface area contributed by atoms with E-state index in [1.807, 2.05) is 6.92 Å². The number of benzene rings is 1. The van der Waals surface area contributed by atoms with Gasteiger partial charge in [-0.3, -0.25) is 0 Å². The smallest absolute Gasteiger partial charge is 0.338 e. The van der Waals surface area contributed by atoms with E-state index in [4.69, 9.17) is 14.2 Å². The quantitative estimate of drug-likeness (QED) is 0.615. The van der Waals surface area contributed by atoms with Gasteiger partial charge in [0.05, 0.1) is 18.8 Å². The molecule has 116 valence electrons. The monoisotopic (exact) mass is 300 g/mol. The van der Waals surface area contributed by atoms with Crippen LogP contribution < -0.4 is 9.47 Å². The van der Waals surface area contributed by atoms with Gasteiger partial charge in [0.15, 0.2) is 11.5 Å². The highest BCUT2D eigenvalue weighted by atomic mass is 16.5. The van der Waals surface area contributed by atoms with E-state index in [2.05, 4.69) is 13.2 Å². The fourth-order valence-electron chi connectivity index (χ4n) is 2.15. The van der Waals surface area contributed by atoms with Gasteiger partial charge in [-0.15, -0.1) is 0 Å². The summed E-state index contributed by atoms with van der Waals surface area (Å²) in [5, 5.41) is 0. The van der Waals surface area contributed by atoms with E-state index in [0.717, 1.165) is 17.6 Å². The molecule has 0 N–H and O–H groups in total. The molecule has 1 aliphatic rings. The number of carbonyl (C=O) groups excluding carboxylic acids is 1. The Hall–Kier alpha value is -2.49. The second-order valence-electron chi connectivity index (χ2n) is 4.87. The highest BCUT2D eigenvalue weighted by molar-refractivity contribution is 5.92. The van der Waals surface area contributed by atoms with Crippen molar-refractivity contribution >= 4 is 5.97 Å². The van der Waals surface area contributed by atoms with Crippen LogP contribution in [-0.2, 0) is 4.74 Å². The SMILES string of the molecule is C=C/C=C(\C=C)COC(=O)c1ccc2c(c1C)OCCCO2. The Labute approximate surface area is 130 Å². The third kappa shape index (κ3) is 3.58. The Kier molecular flexibility index (Phi) is 5.42. The molecule has 0 fully saturated rings. The molecule has 0 atom stereocenters. The molecule has 0 radical (unpaired) electrons. The van der Waals surface area contributed by atoms with Crippen LogP contribution >= 0.6 is 0 Å². The predicted molar refractivity (Wildman–Crippen MR) is 85.5 cm³/mol.